The van der Waals surface area contributed by atoms with Crippen molar-refractivity contribution in [2.24, 2.45) is 0 Å². The second kappa shape index (κ2) is 5.85. The van der Waals surface area contributed by atoms with Gasteiger partial charge in [0, 0.05) is 0 Å². The zero-order valence-electron chi connectivity index (χ0n) is 36.0. The van der Waals surface area contributed by atoms with Crippen LogP contribution in [-0.2, 0) is 21.1 Å². The van der Waals surface area contributed by atoms with E-state index in [1.54, 1.807) is 151 Å². The number of aryl methyl sites for hydroxylation is 1. The zero-order valence-corrected chi connectivity index (χ0v) is 36.8. The first kappa shape index (κ1) is 26.5. The standard InChI is InChI=1S/C67H7NO2S/c1-6-2-4-7(5-3-6)71(69,70)68-66-62-54-46-36-26-18-10-8-9-12-16-14(10)22-30-24(16)34-28-20(12)21-13(9)17-15-11(8)19(18)27-33-23(15)31-25(17)35-29(21)39-38(28)48-42(34)52-44(30)50(40(46)32(22)26)58(62)60(52)64-56(48)57-49(39)43(35)53-45(31)51-41(33)47(37(27)36)55(54)63(66)59(51)61(53)65(57)67(64,66)68/h2-5H,1H3. The van der Waals surface area contributed by atoms with E-state index < -0.39 is 21.1 Å². The van der Waals surface area contributed by atoms with Gasteiger partial charge in [-0.15, -0.1) is 0 Å². The number of hydrogen-bond donors (Lipinski definition) is 0. The van der Waals surface area contributed by atoms with Crippen LogP contribution in [-0.4, -0.2) is 12.7 Å². The van der Waals surface area contributed by atoms with Gasteiger partial charge in [0.25, 0.3) is 0 Å². The van der Waals surface area contributed by atoms with Crippen molar-refractivity contribution in [2.45, 2.75) is 22.9 Å². The van der Waals surface area contributed by atoms with Gasteiger partial charge < -0.3 is 0 Å². The molecule has 0 saturated carbocycles. The average molecular weight is 890 g/mol. The smallest absolute Gasteiger partial charge is 0.207 e. The first-order chi connectivity index (χ1) is 35.1. The summed E-state index contributed by atoms with van der Waals surface area (Å²) in [5.74, 6) is 0. The first-order valence-corrected chi connectivity index (χ1v) is 27.4. The van der Waals surface area contributed by atoms with Gasteiger partial charge >= 0.3 is 0 Å². The molecule has 298 valence electrons. The van der Waals surface area contributed by atoms with E-state index in [4.69, 9.17) is 0 Å². The minimum atomic E-state index is -4.10. The summed E-state index contributed by atoms with van der Waals surface area (Å²) in [6.45, 7) is 2.08. The monoisotopic (exact) mass is 889 g/mol. The Bertz CT molecular complexity index is 7060. The van der Waals surface area contributed by atoms with Gasteiger partial charge in [-0.05, 0) is 332 Å². The third-order valence-corrected chi connectivity index (χ3v) is 27.2. The molecule has 0 N–H and O–H groups in total. The molecule has 1 aliphatic heterocycles. The van der Waals surface area contributed by atoms with Crippen LogP contribution in [0.4, 0.5) is 0 Å². The van der Waals surface area contributed by atoms with Gasteiger partial charge in [-0.3, -0.25) is 0 Å². The fourth-order valence-corrected chi connectivity index (χ4v) is 27.1. The van der Waals surface area contributed by atoms with Crippen LogP contribution in [0, 0.1) is 6.92 Å². The SMILES string of the molecule is Cc1ccc(S(=O)(=O)N2C34c5c6c7c8c9c%10c(c%11c%12c3c3c5c5c%13c6c6c7c7c9c9c%14c%10c%10c%11c%11c%12c%12c3c3c5c5c%13c%13c6c6c7c9c7c9c%14c%10c%10c%11c%11c%12c3c3c5c5c%13c6c7c6c9c%10c%11c3c56)C824)cc1. The topological polar surface area (TPSA) is 37.1 Å². The van der Waals surface area contributed by atoms with Crippen molar-refractivity contribution in [2.75, 3.05) is 0 Å². The Labute approximate surface area is 386 Å². The second-order valence-electron chi connectivity index (χ2n) is 25.8. The second-order valence-corrected chi connectivity index (χ2v) is 27.5. The van der Waals surface area contributed by atoms with Crippen LogP contribution < -0.4 is 0 Å². The highest BCUT2D eigenvalue weighted by atomic mass is 32.2. The largest absolute Gasteiger partial charge is 0.245 e. The molecule has 34 rings (SSSR count). The highest BCUT2D eigenvalue weighted by molar-refractivity contribution is 7.89. The predicted octanol–water partition coefficient (Wildman–Crippen LogP) is 17.2. The maximum absolute atomic E-state index is 16.9. The quantitative estimate of drug-likeness (QED) is 0.128. The van der Waals surface area contributed by atoms with Gasteiger partial charge in [-0.2, -0.15) is 4.31 Å². The van der Waals surface area contributed by atoms with Crippen LogP contribution in [0.5, 0.6) is 0 Å². The molecule has 0 amide bonds. The van der Waals surface area contributed by atoms with E-state index in [-0.39, 0.29) is 0 Å². The molecule has 2 spiro atoms. The van der Waals surface area contributed by atoms with Crippen molar-refractivity contribution in [3.63, 3.8) is 0 Å². The highest BCUT2D eigenvalue weighted by Gasteiger charge is 2.89. The van der Waals surface area contributed by atoms with Crippen LogP contribution in [0.25, 0.3) is 291 Å². The normalized spacial score (nSPS) is 23.4. The van der Waals surface area contributed by atoms with Crippen molar-refractivity contribution in [1.29, 1.82) is 0 Å². The fraction of sp³-hybridized carbons (Fsp3) is 0.0448. The van der Waals surface area contributed by atoms with Gasteiger partial charge in [0.2, 0.25) is 10.0 Å². The highest BCUT2D eigenvalue weighted by Crippen LogP contribution is 2.91. The predicted molar refractivity (Wildman–Crippen MR) is 294 cm³/mol. The third kappa shape index (κ3) is 1.39. The molecule has 3 nitrogen and oxygen atoms in total. The maximum Gasteiger partial charge on any atom is 0.245 e. The minimum absolute atomic E-state index is 0.430. The summed E-state index contributed by atoms with van der Waals surface area (Å²) in [5, 5.41) is 82.3. The van der Waals surface area contributed by atoms with E-state index >= 15 is 8.42 Å². The molecule has 0 aromatic heterocycles. The molecule has 0 radical (unpaired) electrons. The Morgan fingerprint density at radius 2 is 0.380 bits per heavy atom. The van der Waals surface area contributed by atoms with Gasteiger partial charge in [-0.1, -0.05) is 17.7 Å². The molecule has 5 aliphatic rings. The molecule has 0 unspecified atom stereocenters. The summed E-state index contributed by atoms with van der Waals surface area (Å²) in [5.41, 5.74) is 4.74. The van der Waals surface area contributed by atoms with Gasteiger partial charge in [0.05, 0.1) is 4.90 Å². The molecular formula is C67H7NO2S. The lowest BCUT2D eigenvalue weighted by Crippen LogP contribution is -2.27. The van der Waals surface area contributed by atoms with Crippen LogP contribution in [0.15, 0.2) is 29.2 Å². The zero-order chi connectivity index (χ0) is 42.5. The number of hydrogen-bond acceptors (Lipinski definition) is 2. The van der Waals surface area contributed by atoms with E-state index in [1.807, 2.05) is 24.3 Å². The van der Waals surface area contributed by atoms with Crippen molar-refractivity contribution < 1.29 is 8.42 Å². The van der Waals surface area contributed by atoms with Crippen molar-refractivity contribution >= 4 is 301 Å². The Morgan fingerprint density at radius 3 is 0.535 bits per heavy atom. The summed E-state index contributed by atoms with van der Waals surface area (Å²) in [6.07, 6.45) is 0. The average Bonchev–Trinajstić information content (AvgIpc) is 4.31. The summed E-state index contributed by atoms with van der Waals surface area (Å²) in [4.78, 5) is 0.430. The van der Waals surface area contributed by atoms with Crippen molar-refractivity contribution in [3.8, 4) is 0 Å². The molecule has 0 bridgehead atoms. The lowest BCUT2D eigenvalue weighted by Gasteiger charge is -2.29. The number of benzene rings is 19. The van der Waals surface area contributed by atoms with Crippen molar-refractivity contribution in [3.05, 3.63) is 52.1 Å². The van der Waals surface area contributed by atoms with Gasteiger partial charge in [0.1, 0.15) is 11.1 Å². The summed E-state index contributed by atoms with van der Waals surface area (Å²) >= 11 is 0. The molecule has 4 heteroatoms. The van der Waals surface area contributed by atoms with E-state index in [9.17, 15) is 0 Å². The van der Waals surface area contributed by atoms with E-state index in [0.717, 1.165) is 5.56 Å². The van der Waals surface area contributed by atoms with E-state index in [2.05, 4.69) is 11.2 Å². The summed E-state index contributed by atoms with van der Waals surface area (Å²) in [7, 11) is -4.10. The molecule has 29 aromatic carbocycles. The number of nitrogens with zero attached hydrogens (tertiary/aromatic N) is 1. The maximum atomic E-state index is 16.9. The Hall–Kier alpha value is -8.41. The first-order valence-electron chi connectivity index (χ1n) is 26.0. The van der Waals surface area contributed by atoms with Gasteiger partial charge in [-0.25, -0.2) is 8.42 Å². The molecule has 29 aromatic rings. The third-order valence-electron chi connectivity index (χ3n) is 25.3. The van der Waals surface area contributed by atoms with E-state index in [0.29, 0.717) is 4.90 Å². The Kier molecular flexibility index (Phi) is 2.19. The Balaban J connectivity index is 1.15. The molecule has 1 fully saturated rings. The lowest BCUT2D eigenvalue weighted by atomic mass is 9.68. The van der Waals surface area contributed by atoms with Crippen LogP contribution in [0.2, 0.25) is 0 Å². The molecule has 71 heavy (non-hydrogen) atoms. The molecule has 0 atom stereocenters. The number of sulfonamides is 1. The molecule has 1 saturated heterocycles. The van der Waals surface area contributed by atoms with Crippen LogP contribution in [0.3, 0.4) is 0 Å². The minimum Gasteiger partial charge on any atom is -0.207 e. The Morgan fingerprint density at radius 1 is 0.239 bits per heavy atom. The molecule has 1 heterocycles. The summed E-state index contributed by atoms with van der Waals surface area (Å²) < 4.78 is 36.1. The number of rotatable bonds is 2. The van der Waals surface area contributed by atoms with E-state index in [1.165, 1.54) is 162 Å². The van der Waals surface area contributed by atoms with Gasteiger partial charge in [0.15, 0.2) is 0 Å². The molecule has 4 aliphatic carbocycles. The lowest BCUT2D eigenvalue weighted by molar-refractivity contribution is 0.528. The van der Waals surface area contributed by atoms with Crippen molar-refractivity contribution in [1.82, 2.24) is 4.31 Å². The molecular weight excluding hydrogens is 883 g/mol. The fourth-order valence-electron chi connectivity index (χ4n) is 25.1. The van der Waals surface area contributed by atoms with Crippen LogP contribution in [0.1, 0.15) is 27.8 Å². The van der Waals surface area contributed by atoms with Crippen LogP contribution >= 0.6 is 0 Å². The summed E-state index contributed by atoms with van der Waals surface area (Å²) in [6, 6.07) is 7.92.